The van der Waals surface area contributed by atoms with Crippen molar-refractivity contribution >= 4 is 22.7 Å². The van der Waals surface area contributed by atoms with Crippen molar-refractivity contribution in [2.45, 2.75) is 33.2 Å². The first-order valence-electron chi connectivity index (χ1n) is 6.74. The standard InChI is InChI=1S/C15H18N4S/c1-10(8-13-5-4-12(3)20-13)17-15-14-9-11(2)18-19(14)7-6-16-15/h4-7,9-10H,8H2,1-3H3,(H,16,17). The maximum atomic E-state index is 4.44. The molecule has 1 unspecified atom stereocenters. The zero-order valence-corrected chi connectivity index (χ0v) is 12.7. The number of aryl methyl sites for hydroxylation is 2. The van der Waals surface area contributed by atoms with Gasteiger partial charge in [-0.2, -0.15) is 5.10 Å². The molecule has 4 nitrogen and oxygen atoms in total. The minimum Gasteiger partial charge on any atom is -0.365 e. The largest absolute Gasteiger partial charge is 0.365 e. The van der Waals surface area contributed by atoms with E-state index in [4.69, 9.17) is 0 Å². The van der Waals surface area contributed by atoms with Crippen LogP contribution < -0.4 is 5.32 Å². The molecule has 3 heterocycles. The molecular weight excluding hydrogens is 268 g/mol. The van der Waals surface area contributed by atoms with Crippen LogP contribution in [0.1, 0.15) is 22.4 Å². The van der Waals surface area contributed by atoms with Gasteiger partial charge in [0.15, 0.2) is 5.82 Å². The Labute approximate surface area is 122 Å². The lowest BCUT2D eigenvalue weighted by atomic mass is 10.2. The molecule has 3 rings (SSSR count). The van der Waals surface area contributed by atoms with Crippen LogP contribution in [0.5, 0.6) is 0 Å². The number of nitrogens with zero attached hydrogens (tertiary/aromatic N) is 3. The van der Waals surface area contributed by atoms with Crippen LogP contribution in [0.4, 0.5) is 5.82 Å². The third-order valence-corrected chi connectivity index (χ3v) is 4.22. The second-order valence-corrected chi connectivity index (χ2v) is 6.53. The van der Waals surface area contributed by atoms with Gasteiger partial charge in [-0.1, -0.05) is 0 Å². The minimum atomic E-state index is 0.335. The summed E-state index contributed by atoms with van der Waals surface area (Å²) in [5, 5.41) is 7.90. The maximum absolute atomic E-state index is 4.44. The van der Waals surface area contributed by atoms with E-state index in [2.05, 4.69) is 47.4 Å². The van der Waals surface area contributed by atoms with Crippen molar-refractivity contribution in [3.8, 4) is 0 Å². The highest BCUT2D eigenvalue weighted by Crippen LogP contribution is 2.20. The molecule has 3 aromatic rings. The summed E-state index contributed by atoms with van der Waals surface area (Å²) in [6, 6.07) is 6.76. The minimum absolute atomic E-state index is 0.335. The average molecular weight is 286 g/mol. The van der Waals surface area contributed by atoms with E-state index in [9.17, 15) is 0 Å². The number of nitrogens with one attached hydrogen (secondary N) is 1. The van der Waals surface area contributed by atoms with Crippen LogP contribution in [0, 0.1) is 13.8 Å². The van der Waals surface area contributed by atoms with Crippen LogP contribution in [-0.4, -0.2) is 20.6 Å². The van der Waals surface area contributed by atoms with Gasteiger partial charge in [-0.15, -0.1) is 11.3 Å². The second kappa shape index (κ2) is 5.25. The van der Waals surface area contributed by atoms with Gasteiger partial charge in [0.1, 0.15) is 5.52 Å². The number of fused-ring (bicyclic) bond motifs is 1. The van der Waals surface area contributed by atoms with Crippen molar-refractivity contribution in [2.75, 3.05) is 5.32 Å². The predicted octanol–water partition coefficient (Wildman–Crippen LogP) is 3.45. The monoisotopic (exact) mass is 286 g/mol. The number of anilines is 1. The van der Waals surface area contributed by atoms with E-state index < -0.39 is 0 Å². The molecule has 0 bridgehead atoms. The molecule has 1 atom stereocenters. The molecule has 0 fully saturated rings. The van der Waals surface area contributed by atoms with Gasteiger partial charge in [0.05, 0.1) is 5.69 Å². The zero-order valence-electron chi connectivity index (χ0n) is 11.9. The molecule has 1 N–H and O–H groups in total. The summed E-state index contributed by atoms with van der Waals surface area (Å²) in [4.78, 5) is 7.20. The van der Waals surface area contributed by atoms with Gasteiger partial charge in [0.25, 0.3) is 0 Å². The van der Waals surface area contributed by atoms with Crippen LogP contribution in [0.25, 0.3) is 5.52 Å². The molecule has 0 radical (unpaired) electrons. The van der Waals surface area contributed by atoms with Crippen molar-refractivity contribution in [2.24, 2.45) is 0 Å². The van der Waals surface area contributed by atoms with E-state index in [1.54, 1.807) is 6.20 Å². The van der Waals surface area contributed by atoms with E-state index in [-0.39, 0.29) is 0 Å². The second-order valence-electron chi connectivity index (χ2n) is 5.15. The molecular formula is C15H18N4S. The van der Waals surface area contributed by atoms with Crippen LogP contribution >= 0.6 is 11.3 Å². The summed E-state index contributed by atoms with van der Waals surface area (Å²) in [5.41, 5.74) is 2.03. The van der Waals surface area contributed by atoms with Gasteiger partial charge in [-0.25, -0.2) is 9.50 Å². The highest BCUT2D eigenvalue weighted by molar-refractivity contribution is 7.11. The van der Waals surface area contributed by atoms with E-state index in [0.717, 1.165) is 23.4 Å². The molecule has 20 heavy (non-hydrogen) atoms. The lowest BCUT2D eigenvalue weighted by Gasteiger charge is -2.14. The van der Waals surface area contributed by atoms with Gasteiger partial charge < -0.3 is 5.32 Å². The fourth-order valence-corrected chi connectivity index (χ4v) is 3.36. The first kappa shape index (κ1) is 13.1. The normalized spacial score (nSPS) is 12.8. The predicted molar refractivity (Wildman–Crippen MR) is 83.6 cm³/mol. The van der Waals surface area contributed by atoms with Crippen LogP contribution in [-0.2, 0) is 6.42 Å². The Morgan fingerprint density at radius 1 is 1.35 bits per heavy atom. The third kappa shape index (κ3) is 2.67. The lowest BCUT2D eigenvalue weighted by Crippen LogP contribution is -2.18. The Morgan fingerprint density at radius 2 is 2.20 bits per heavy atom. The molecule has 104 valence electrons. The van der Waals surface area contributed by atoms with Crippen molar-refractivity contribution in [1.82, 2.24) is 14.6 Å². The van der Waals surface area contributed by atoms with Crippen LogP contribution in [0.3, 0.4) is 0 Å². The maximum Gasteiger partial charge on any atom is 0.152 e. The summed E-state index contributed by atoms with van der Waals surface area (Å²) >= 11 is 1.86. The number of hydrogen-bond acceptors (Lipinski definition) is 4. The van der Waals surface area contributed by atoms with Gasteiger partial charge in [-0.05, 0) is 39.0 Å². The Hall–Kier alpha value is -1.88. The van der Waals surface area contributed by atoms with Crippen molar-refractivity contribution in [3.05, 3.63) is 46.0 Å². The first-order valence-corrected chi connectivity index (χ1v) is 7.56. The summed E-state index contributed by atoms with van der Waals surface area (Å²) in [6.45, 7) is 6.32. The van der Waals surface area contributed by atoms with Gasteiger partial charge in [0.2, 0.25) is 0 Å². The van der Waals surface area contributed by atoms with Crippen LogP contribution in [0.2, 0.25) is 0 Å². The molecule has 5 heteroatoms. The molecule has 0 spiro atoms. The summed E-state index contributed by atoms with van der Waals surface area (Å²) in [7, 11) is 0. The van der Waals surface area contributed by atoms with Gasteiger partial charge in [0, 0.05) is 34.6 Å². The average Bonchev–Trinajstić information content (AvgIpc) is 2.95. The molecule has 0 aliphatic heterocycles. The molecule has 0 saturated heterocycles. The first-order chi connectivity index (χ1) is 9.61. The number of aromatic nitrogens is 3. The quantitative estimate of drug-likeness (QED) is 0.798. The number of hydrogen-bond donors (Lipinski definition) is 1. The van der Waals surface area contributed by atoms with E-state index in [0.29, 0.717) is 6.04 Å². The van der Waals surface area contributed by atoms with E-state index in [1.165, 1.54) is 9.75 Å². The third-order valence-electron chi connectivity index (χ3n) is 3.20. The highest BCUT2D eigenvalue weighted by Gasteiger charge is 2.10. The fourth-order valence-electron chi connectivity index (χ4n) is 2.34. The molecule has 0 saturated carbocycles. The van der Waals surface area contributed by atoms with Crippen molar-refractivity contribution < 1.29 is 0 Å². The van der Waals surface area contributed by atoms with Gasteiger partial charge >= 0.3 is 0 Å². The Morgan fingerprint density at radius 3 is 2.95 bits per heavy atom. The molecule has 3 aromatic heterocycles. The lowest BCUT2D eigenvalue weighted by molar-refractivity contribution is 0.792. The van der Waals surface area contributed by atoms with Crippen LogP contribution in [0.15, 0.2) is 30.6 Å². The smallest absolute Gasteiger partial charge is 0.152 e. The number of rotatable bonds is 4. The van der Waals surface area contributed by atoms with Crippen molar-refractivity contribution in [1.29, 1.82) is 0 Å². The summed E-state index contributed by atoms with van der Waals surface area (Å²) < 4.78 is 1.87. The molecule has 0 aromatic carbocycles. The molecule has 0 amide bonds. The topological polar surface area (TPSA) is 42.2 Å². The Kier molecular flexibility index (Phi) is 3.44. The van der Waals surface area contributed by atoms with E-state index in [1.807, 2.05) is 29.0 Å². The molecule has 0 aliphatic rings. The zero-order chi connectivity index (χ0) is 14.1. The fraction of sp³-hybridized carbons (Fsp3) is 0.333. The highest BCUT2D eigenvalue weighted by atomic mass is 32.1. The Bertz CT molecular complexity index is 728. The summed E-state index contributed by atoms with van der Waals surface area (Å²) in [5.74, 6) is 0.897. The van der Waals surface area contributed by atoms with E-state index >= 15 is 0 Å². The summed E-state index contributed by atoms with van der Waals surface area (Å²) in [6.07, 6.45) is 4.67. The molecule has 0 aliphatic carbocycles. The van der Waals surface area contributed by atoms with Gasteiger partial charge in [-0.3, -0.25) is 0 Å². The SMILES string of the molecule is Cc1cc2c(NC(C)Cc3ccc(C)s3)nccn2n1. The van der Waals surface area contributed by atoms with Crippen molar-refractivity contribution in [3.63, 3.8) is 0 Å². The Balaban J connectivity index is 1.78. The number of thiophene rings is 1.